The number of likely N-dealkylation sites (tertiary alicyclic amines) is 2. The second-order valence-electron chi connectivity index (χ2n) is 14.7. The van der Waals surface area contributed by atoms with Gasteiger partial charge in [-0.3, -0.25) is 4.90 Å². The molecule has 0 bridgehead atoms. The highest BCUT2D eigenvalue weighted by molar-refractivity contribution is 5.77. The predicted molar refractivity (Wildman–Crippen MR) is 207 cm³/mol. The molecule has 0 aliphatic carbocycles. The summed E-state index contributed by atoms with van der Waals surface area (Å²) in [5.41, 5.74) is 7.43. The number of halogens is 3. The number of imidazole rings is 1. The number of hydrogen-bond donors (Lipinski definition) is 3. The Morgan fingerprint density at radius 1 is 0.825 bits per heavy atom. The van der Waals surface area contributed by atoms with Gasteiger partial charge >= 0.3 is 0 Å². The molecule has 0 spiro atoms. The number of ether oxygens (including phenoxy) is 2. The maximum atomic E-state index is 14.8. The Labute approximate surface area is 329 Å². The zero-order valence-electron chi connectivity index (χ0n) is 31.9. The Morgan fingerprint density at radius 3 is 2.28 bits per heavy atom. The third-order valence-electron chi connectivity index (χ3n) is 10.8. The van der Waals surface area contributed by atoms with E-state index in [1.54, 1.807) is 18.3 Å². The largest absolute Gasteiger partial charge is 0.382 e. The molecular weight excluding hydrogens is 740 g/mol. The molecule has 304 valence electrons. The van der Waals surface area contributed by atoms with Gasteiger partial charge in [-0.25, -0.2) is 37.8 Å². The average molecular weight is 790 g/mol. The second kappa shape index (κ2) is 19.1. The quantitative estimate of drug-likeness (QED) is 0.110. The highest BCUT2D eigenvalue weighted by Crippen LogP contribution is 2.35. The number of aliphatic hydroxyl groups is 1. The van der Waals surface area contributed by atoms with Gasteiger partial charge in [-0.1, -0.05) is 6.07 Å². The topological polar surface area (TPSA) is 158 Å². The van der Waals surface area contributed by atoms with Crippen LogP contribution in [0.3, 0.4) is 0 Å². The van der Waals surface area contributed by atoms with Crippen molar-refractivity contribution in [3.05, 3.63) is 96.7 Å². The molecule has 17 heteroatoms. The van der Waals surface area contributed by atoms with Crippen LogP contribution in [-0.4, -0.2) is 127 Å². The second-order valence-corrected chi connectivity index (χ2v) is 14.7. The Morgan fingerprint density at radius 2 is 1.56 bits per heavy atom. The molecule has 1 atom stereocenters. The van der Waals surface area contributed by atoms with Crippen molar-refractivity contribution >= 4 is 5.95 Å². The van der Waals surface area contributed by atoms with Crippen molar-refractivity contribution in [1.82, 2.24) is 49.4 Å². The summed E-state index contributed by atoms with van der Waals surface area (Å²) < 4.78 is 57.5. The van der Waals surface area contributed by atoms with Gasteiger partial charge in [0, 0.05) is 68.2 Å². The van der Waals surface area contributed by atoms with E-state index < -0.39 is 17.2 Å². The Bertz CT molecular complexity index is 2000. The van der Waals surface area contributed by atoms with E-state index in [0.29, 0.717) is 57.8 Å². The van der Waals surface area contributed by atoms with Gasteiger partial charge in [0.25, 0.3) is 0 Å². The van der Waals surface area contributed by atoms with Gasteiger partial charge in [0.15, 0.2) is 0 Å². The summed E-state index contributed by atoms with van der Waals surface area (Å²) in [6.45, 7) is 7.22. The molecule has 2 aliphatic heterocycles. The first-order valence-electron chi connectivity index (χ1n) is 19.5. The molecule has 2 aliphatic rings. The molecule has 0 amide bonds. The van der Waals surface area contributed by atoms with Crippen molar-refractivity contribution in [2.75, 3.05) is 78.0 Å². The van der Waals surface area contributed by atoms with Gasteiger partial charge in [0.05, 0.1) is 56.4 Å². The summed E-state index contributed by atoms with van der Waals surface area (Å²) in [6.07, 6.45) is 9.91. The number of β-amino-alcohol motifs (C(OH)–C–C–N with tert-alkyl or cyclic N) is 1. The summed E-state index contributed by atoms with van der Waals surface area (Å²) in [5.74, 6) is -1.60. The van der Waals surface area contributed by atoms with E-state index in [9.17, 15) is 18.3 Å². The molecule has 5 heterocycles. The van der Waals surface area contributed by atoms with E-state index in [4.69, 9.17) is 20.2 Å². The zero-order valence-corrected chi connectivity index (χ0v) is 31.9. The number of rotatable bonds is 18. The first kappa shape index (κ1) is 40.4. The van der Waals surface area contributed by atoms with Crippen LogP contribution in [0.5, 0.6) is 0 Å². The lowest BCUT2D eigenvalue weighted by Crippen LogP contribution is -2.50. The lowest BCUT2D eigenvalue weighted by Gasteiger charge is -2.38. The minimum absolute atomic E-state index is 0.00703. The molecular formula is C40H50F3N11O3. The first-order valence-corrected chi connectivity index (χ1v) is 19.5. The van der Waals surface area contributed by atoms with Crippen molar-refractivity contribution in [1.29, 1.82) is 0 Å². The average Bonchev–Trinajstić information content (AvgIpc) is 3.89. The van der Waals surface area contributed by atoms with E-state index in [0.717, 1.165) is 74.4 Å². The van der Waals surface area contributed by atoms with Crippen molar-refractivity contribution in [2.45, 2.75) is 49.9 Å². The number of piperidine rings is 2. The molecule has 0 saturated carbocycles. The number of nitrogen functional groups attached to an aromatic ring is 1. The Kier molecular flexibility index (Phi) is 13.5. The van der Waals surface area contributed by atoms with E-state index in [1.807, 2.05) is 12.4 Å². The number of nitrogens with zero attached hydrogens (tertiary/aromatic N) is 9. The third-order valence-corrected chi connectivity index (χ3v) is 10.8. The highest BCUT2D eigenvalue weighted by atomic mass is 19.1. The maximum Gasteiger partial charge on any atom is 0.220 e. The SMILES string of the molecule is Nc1nccc(-c2c(-c3ccc(F)cc3)ncn2C2CCN(CCOCCOCCNC3CCN(CC(O)(Cn4cncn4)c4ccc(F)cc4F)CC3)CC2)n1. The van der Waals surface area contributed by atoms with E-state index in [1.165, 1.54) is 35.5 Å². The Balaban J connectivity index is 0.772. The van der Waals surface area contributed by atoms with Crippen LogP contribution < -0.4 is 11.1 Å². The van der Waals surface area contributed by atoms with Gasteiger partial charge in [0.1, 0.15) is 35.7 Å². The molecule has 2 saturated heterocycles. The molecule has 2 fully saturated rings. The summed E-state index contributed by atoms with van der Waals surface area (Å²) in [6, 6.07) is 11.9. The van der Waals surface area contributed by atoms with Crippen LogP contribution in [0, 0.1) is 17.5 Å². The minimum Gasteiger partial charge on any atom is -0.382 e. The van der Waals surface area contributed by atoms with Gasteiger partial charge < -0.3 is 35.1 Å². The van der Waals surface area contributed by atoms with Crippen molar-refractivity contribution < 1.29 is 27.8 Å². The standard InChI is InChI=1S/C40H50F3N11O3/c41-30-3-1-29(2-4-30)37-38(36-7-12-47-39(44)50-36)54(28-48-37)33-10-16-51(17-11-33)18-20-57-22-21-56-19-13-46-32-8-14-52(15-9-32)24-40(55,25-53-27-45-26-49-53)34-6-5-31(42)23-35(34)43/h1-7,12,23,26-28,32-33,46,55H,8-11,13-22,24-25H2,(H2,44,47,50). The molecule has 0 radical (unpaired) electrons. The molecule has 7 rings (SSSR count). The maximum absolute atomic E-state index is 14.8. The monoisotopic (exact) mass is 789 g/mol. The highest BCUT2D eigenvalue weighted by Gasteiger charge is 2.36. The van der Waals surface area contributed by atoms with Crippen LogP contribution in [-0.2, 0) is 21.6 Å². The summed E-state index contributed by atoms with van der Waals surface area (Å²) in [4.78, 5) is 21.7. The summed E-state index contributed by atoms with van der Waals surface area (Å²) >= 11 is 0. The summed E-state index contributed by atoms with van der Waals surface area (Å²) in [5, 5.41) is 19.3. The van der Waals surface area contributed by atoms with Gasteiger partial charge in [-0.2, -0.15) is 5.10 Å². The zero-order chi connectivity index (χ0) is 39.6. The van der Waals surface area contributed by atoms with Crippen molar-refractivity contribution in [3.63, 3.8) is 0 Å². The summed E-state index contributed by atoms with van der Waals surface area (Å²) in [7, 11) is 0. The van der Waals surface area contributed by atoms with Gasteiger partial charge in [-0.15, -0.1) is 0 Å². The minimum atomic E-state index is -1.61. The molecule has 14 nitrogen and oxygen atoms in total. The molecule has 3 aromatic heterocycles. The normalized spacial score (nSPS) is 17.3. The van der Waals surface area contributed by atoms with Gasteiger partial charge in [0.2, 0.25) is 5.95 Å². The lowest BCUT2D eigenvalue weighted by molar-refractivity contribution is -0.0274. The van der Waals surface area contributed by atoms with Crippen LogP contribution in [0.2, 0.25) is 0 Å². The van der Waals surface area contributed by atoms with Crippen molar-refractivity contribution in [3.8, 4) is 22.6 Å². The van der Waals surface area contributed by atoms with Gasteiger partial charge in [-0.05, 0) is 75.2 Å². The molecule has 5 aromatic rings. The number of anilines is 1. The number of hydrogen-bond acceptors (Lipinski definition) is 12. The van der Waals surface area contributed by atoms with Crippen LogP contribution in [0.15, 0.2) is 73.7 Å². The third kappa shape index (κ3) is 10.6. The number of nitrogens with one attached hydrogen (secondary N) is 1. The molecule has 57 heavy (non-hydrogen) atoms. The van der Waals surface area contributed by atoms with E-state index in [2.05, 4.69) is 39.7 Å². The first-order chi connectivity index (χ1) is 27.7. The fraction of sp³-hybridized carbons (Fsp3) is 0.475. The van der Waals surface area contributed by atoms with Crippen LogP contribution >= 0.6 is 0 Å². The van der Waals surface area contributed by atoms with E-state index in [-0.39, 0.29) is 36.5 Å². The number of nitrogens with two attached hydrogens (primary N) is 1. The predicted octanol–water partition coefficient (Wildman–Crippen LogP) is 3.91. The number of benzene rings is 2. The molecule has 2 aromatic carbocycles. The fourth-order valence-electron chi connectivity index (χ4n) is 7.82. The smallest absolute Gasteiger partial charge is 0.220 e. The van der Waals surface area contributed by atoms with Crippen LogP contribution in [0.25, 0.3) is 22.6 Å². The lowest BCUT2D eigenvalue weighted by atomic mass is 9.91. The number of aromatic nitrogens is 7. The van der Waals surface area contributed by atoms with Crippen molar-refractivity contribution in [2.24, 2.45) is 0 Å². The fourth-order valence-corrected chi connectivity index (χ4v) is 7.82. The molecule has 1 unspecified atom stereocenters. The Hall–Kier alpha value is -4.78. The van der Waals surface area contributed by atoms with E-state index >= 15 is 0 Å². The molecule has 4 N–H and O–H groups in total. The van der Waals surface area contributed by atoms with Crippen LogP contribution in [0.1, 0.15) is 37.3 Å². The van der Waals surface area contributed by atoms with Crippen LogP contribution in [0.4, 0.5) is 19.1 Å².